The first-order valence-corrected chi connectivity index (χ1v) is 7.15. The van der Waals surface area contributed by atoms with E-state index in [1.807, 2.05) is 0 Å². The molecule has 94 valence electrons. The summed E-state index contributed by atoms with van der Waals surface area (Å²) in [4.78, 5) is 2.79. The Morgan fingerprint density at radius 2 is 1.75 bits per heavy atom. The molecule has 1 heterocycles. The van der Waals surface area contributed by atoms with E-state index >= 15 is 0 Å². The lowest BCUT2D eigenvalue weighted by atomic mass is 10.1. The number of nitrogens with zero attached hydrogens (tertiary/aromatic N) is 1. The second-order valence-corrected chi connectivity index (χ2v) is 6.17. The number of hydrogen-bond donors (Lipinski definition) is 1. The van der Waals surface area contributed by atoms with Gasteiger partial charge in [-0.15, -0.1) is 0 Å². The Balaban J connectivity index is 1.85. The van der Waals surface area contributed by atoms with Crippen molar-refractivity contribution in [2.75, 3.05) is 26.2 Å². The van der Waals surface area contributed by atoms with Gasteiger partial charge in [0.15, 0.2) is 0 Å². The molecule has 2 rings (SSSR count). The predicted octanol–water partition coefficient (Wildman–Crippen LogP) is 2.35. The van der Waals surface area contributed by atoms with Gasteiger partial charge in [0.05, 0.1) is 0 Å². The van der Waals surface area contributed by atoms with E-state index in [2.05, 4.69) is 31.0 Å². The lowest BCUT2D eigenvalue weighted by molar-refractivity contribution is 0.169. The van der Waals surface area contributed by atoms with Crippen LogP contribution in [0.5, 0.6) is 0 Å². The summed E-state index contributed by atoms with van der Waals surface area (Å²) in [5.41, 5.74) is 0. The molecular formula is C14H28N2. The van der Waals surface area contributed by atoms with Gasteiger partial charge in [-0.25, -0.2) is 0 Å². The molecule has 1 saturated carbocycles. The van der Waals surface area contributed by atoms with E-state index in [0.29, 0.717) is 0 Å². The van der Waals surface area contributed by atoms with E-state index in [0.717, 1.165) is 23.8 Å². The van der Waals surface area contributed by atoms with Crippen molar-refractivity contribution >= 4 is 0 Å². The van der Waals surface area contributed by atoms with Gasteiger partial charge in [-0.2, -0.15) is 0 Å². The van der Waals surface area contributed by atoms with Crippen LogP contribution in [0.25, 0.3) is 0 Å². The van der Waals surface area contributed by atoms with Crippen LogP contribution in [0, 0.1) is 17.8 Å². The largest absolute Gasteiger partial charge is 0.316 e. The van der Waals surface area contributed by atoms with Gasteiger partial charge in [0, 0.05) is 19.1 Å². The fourth-order valence-electron chi connectivity index (χ4n) is 3.21. The van der Waals surface area contributed by atoms with Crippen molar-refractivity contribution < 1.29 is 0 Å². The molecule has 4 unspecified atom stereocenters. The van der Waals surface area contributed by atoms with Crippen LogP contribution in [-0.2, 0) is 0 Å². The minimum atomic E-state index is 0.815. The normalized spacial score (nSPS) is 41.4. The van der Waals surface area contributed by atoms with Gasteiger partial charge < -0.3 is 5.32 Å². The Morgan fingerprint density at radius 1 is 1.12 bits per heavy atom. The van der Waals surface area contributed by atoms with Crippen molar-refractivity contribution in [2.45, 2.75) is 46.1 Å². The minimum Gasteiger partial charge on any atom is -0.316 e. The predicted molar refractivity (Wildman–Crippen MR) is 69.6 cm³/mol. The van der Waals surface area contributed by atoms with Gasteiger partial charge in [-0.05, 0) is 43.7 Å². The maximum atomic E-state index is 3.58. The van der Waals surface area contributed by atoms with Crippen LogP contribution in [0.15, 0.2) is 0 Å². The Hall–Kier alpha value is -0.0800. The molecule has 0 aromatic rings. The smallest absolute Gasteiger partial charge is 0.0128 e. The van der Waals surface area contributed by atoms with E-state index in [1.54, 1.807) is 0 Å². The summed E-state index contributed by atoms with van der Waals surface area (Å²) < 4.78 is 0. The average molecular weight is 224 g/mol. The molecule has 1 saturated heterocycles. The summed E-state index contributed by atoms with van der Waals surface area (Å²) >= 11 is 0. The standard InChI is InChI=1S/C14H28N2/c1-4-5-13-6-14(13)16-9-11(2)7-15-8-12(3)10-16/h11-15H,4-10H2,1-3H3. The third-order valence-corrected chi connectivity index (χ3v) is 4.09. The first-order chi connectivity index (χ1) is 7.70. The minimum absolute atomic E-state index is 0.815. The number of rotatable bonds is 3. The van der Waals surface area contributed by atoms with Crippen molar-refractivity contribution in [2.24, 2.45) is 17.8 Å². The van der Waals surface area contributed by atoms with Crippen LogP contribution >= 0.6 is 0 Å². The highest BCUT2D eigenvalue weighted by Crippen LogP contribution is 2.40. The summed E-state index contributed by atoms with van der Waals surface area (Å²) in [6.45, 7) is 12.1. The van der Waals surface area contributed by atoms with Crippen molar-refractivity contribution in [1.82, 2.24) is 10.2 Å². The summed E-state index contributed by atoms with van der Waals surface area (Å²) in [5, 5.41) is 3.58. The highest BCUT2D eigenvalue weighted by atomic mass is 15.2. The molecule has 0 aromatic carbocycles. The number of hydrogen-bond acceptors (Lipinski definition) is 2. The van der Waals surface area contributed by atoms with Crippen LogP contribution in [0.4, 0.5) is 0 Å². The maximum Gasteiger partial charge on any atom is 0.0128 e. The maximum absolute atomic E-state index is 3.58. The van der Waals surface area contributed by atoms with Crippen molar-refractivity contribution in [3.8, 4) is 0 Å². The molecule has 0 aromatic heterocycles. The third-order valence-electron chi connectivity index (χ3n) is 4.09. The molecule has 1 aliphatic heterocycles. The Labute approximate surface area is 101 Å². The average Bonchev–Trinajstić information content (AvgIpc) is 2.94. The van der Waals surface area contributed by atoms with Crippen molar-refractivity contribution in [1.29, 1.82) is 0 Å². The van der Waals surface area contributed by atoms with E-state index in [4.69, 9.17) is 0 Å². The van der Waals surface area contributed by atoms with Crippen molar-refractivity contribution in [3.63, 3.8) is 0 Å². The molecule has 0 radical (unpaired) electrons. The lowest BCUT2D eigenvalue weighted by Crippen LogP contribution is -2.43. The van der Waals surface area contributed by atoms with Crippen molar-refractivity contribution in [3.05, 3.63) is 0 Å². The third kappa shape index (κ3) is 3.21. The van der Waals surface area contributed by atoms with Gasteiger partial charge in [-0.3, -0.25) is 4.90 Å². The summed E-state index contributed by atoms with van der Waals surface area (Å²) in [7, 11) is 0. The molecule has 0 bridgehead atoms. The summed E-state index contributed by atoms with van der Waals surface area (Å²) in [6, 6.07) is 0.933. The van der Waals surface area contributed by atoms with E-state index in [1.165, 1.54) is 45.4 Å². The van der Waals surface area contributed by atoms with Crippen LogP contribution in [0.2, 0.25) is 0 Å². The second kappa shape index (κ2) is 5.50. The molecule has 2 nitrogen and oxygen atoms in total. The molecular weight excluding hydrogens is 196 g/mol. The molecule has 2 aliphatic rings. The Morgan fingerprint density at radius 3 is 2.31 bits per heavy atom. The van der Waals surface area contributed by atoms with E-state index in [-0.39, 0.29) is 0 Å². The van der Waals surface area contributed by atoms with Gasteiger partial charge in [0.25, 0.3) is 0 Å². The monoisotopic (exact) mass is 224 g/mol. The van der Waals surface area contributed by atoms with Crippen LogP contribution in [-0.4, -0.2) is 37.1 Å². The van der Waals surface area contributed by atoms with Gasteiger partial charge in [-0.1, -0.05) is 27.2 Å². The molecule has 0 spiro atoms. The quantitative estimate of drug-likeness (QED) is 0.791. The van der Waals surface area contributed by atoms with E-state index in [9.17, 15) is 0 Å². The lowest BCUT2D eigenvalue weighted by Gasteiger charge is -2.32. The molecule has 2 heteroatoms. The molecule has 2 fully saturated rings. The van der Waals surface area contributed by atoms with Crippen LogP contribution < -0.4 is 5.32 Å². The van der Waals surface area contributed by atoms with Gasteiger partial charge in [0.1, 0.15) is 0 Å². The molecule has 4 atom stereocenters. The fourth-order valence-corrected chi connectivity index (χ4v) is 3.21. The first-order valence-electron chi connectivity index (χ1n) is 7.15. The van der Waals surface area contributed by atoms with E-state index < -0.39 is 0 Å². The topological polar surface area (TPSA) is 15.3 Å². The zero-order valence-corrected chi connectivity index (χ0v) is 11.2. The SMILES string of the molecule is CCCC1CC1N1CC(C)CNCC(C)C1. The van der Waals surface area contributed by atoms with Crippen LogP contribution in [0.1, 0.15) is 40.0 Å². The first kappa shape index (κ1) is 12.4. The molecule has 0 amide bonds. The zero-order chi connectivity index (χ0) is 11.5. The van der Waals surface area contributed by atoms with Gasteiger partial charge >= 0.3 is 0 Å². The van der Waals surface area contributed by atoms with Gasteiger partial charge in [0.2, 0.25) is 0 Å². The second-order valence-electron chi connectivity index (χ2n) is 6.17. The molecule has 1 aliphatic carbocycles. The molecule has 1 N–H and O–H groups in total. The highest BCUT2D eigenvalue weighted by molar-refractivity contribution is 4.96. The Bertz CT molecular complexity index is 205. The fraction of sp³-hybridized carbons (Fsp3) is 1.00. The number of nitrogens with one attached hydrogen (secondary N) is 1. The summed E-state index contributed by atoms with van der Waals surface area (Å²) in [6.07, 6.45) is 4.28. The Kier molecular flexibility index (Phi) is 4.26. The molecule has 16 heavy (non-hydrogen) atoms. The summed E-state index contributed by atoms with van der Waals surface area (Å²) in [5.74, 6) is 2.66. The highest BCUT2D eigenvalue weighted by Gasteiger charge is 2.41. The van der Waals surface area contributed by atoms with Crippen LogP contribution in [0.3, 0.4) is 0 Å². The zero-order valence-electron chi connectivity index (χ0n) is 11.2.